The largest absolute Gasteiger partial charge is 0.351 e. The van der Waals surface area contributed by atoms with E-state index >= 15 is 0 Å². The fourth-order valence-corrected chi connectivity index (χ4v) is 4.50. The summed E-state index contributed by atoms with van der Waals surface area (Å²) in [5.74, 6) is 1.95. The lowest BCUT2D eigenvalue weighted by molar-refractivity contribution is 0.384. The number of rotatable bonds is 1. The molecule has 0 aliphatic carbocycles. The molecule has 2 saturated heterocycles. The van der Waals surface area contributed by atoms with Crippen molar-refractivity contribution in [1.29, 1.82) is 0 Å². The van der Waals surface area contributed by atoms with E-state index in [9.17, 15) is 0 Å². The van der Waals surface area contributed by atoms with E-state index in [1.54, 1.807) is 17.7 Å². The summed E-state index contributed by atoms with van der Waals surface area (Å²) < 4.78 is 1.26. The summed E-state index contributed by atoms with van der Waals surface area (Å²) in [6, 6.07) is 0.620. The molecule has 4 heterocycles. The van der Waals surface area contributed by atoms with Crippen molar-refractivity contribution in [3.8, 4) is 0 Å². The first kappa shape index (κ1) is 11.6. The average molecular weight is 274 g/mol. The quantitative estimate of drug-likeness (QED) is 0.865. The third kappa shape index (κ3) is 1.75. The van der Waals surface area contributed by atoms with Crippen LogP contribution in [0.25, 0.3) is 10.2 Å². The van der Waals surface area contributed by atoms with Crippen molar-refractivity contribution in [2.24, 2.45) is 5.92 Å². The van der Waals surface area contributed by atoms with Crippen LogP contribution in [-0.4, -0.2) is 35.6 Å². The Bertz CT molecular complexity index is 609. The molecular formula is C14H18N4S. The van der Waals surface area contributed by atoms with E-state index < -0.39 is 0 Å². The molecular weight excluding hydrogens is 256 g/mol. The van der Waals surface area contributed by atoms with E-state index in [1.165, 1.54) is 29.6 Å². The molecule has 0 saturated carbocycles. The Morgan fingerprint density at radius 2 is 2.32 bits per heavy atom. The summed E-state index contributed by atoms with van der Waals surface area (Å²) in [5.41, 5.74) is 2.39. The van der Waals surface area contributed by atoms with Gasteiger partial charge in [-0.3, -0.25) is 0 Å². The van der Waals surface area contributed by atoms with Gasteiger partial charge in [0.1, 0.15) is 12.1 Å². The van der Waals surface area contributed by atoms with Gasteiger partial charge in [0, 0.05) is 25.7 Å². The van der Waals surface area contributed by atoms with Gasteiger partial charge in [-0.25, -0.2) is 9.97 Å². The monoisotopic (exact) mass is 274 g/mol. The fourth-order valence-electron chi connectivity index (χ4n) is 3.49. The topological polar surface area (TPSA) is 41.0 Å². The number of fused-ring (bicyclic) bond motifs is 2. The van der Waals surface area contributed by atoms with Crippen LogP contribution in [0.3, 0.4) is 0 Å². The van der Waals surface area contributed by atoms with Crippen LogP contribution < -0.4 is 10.2 Å². The first-order valence-corrected chi connectivity index (χ1v) is 7.88. The number of aryl methyl sites for hydroxylation is 1. The molecule has 4 rings (SSSR count). The summed E-state index contributed by atoms with van der Waals surface area (Å²) >= 11 is 1.78. The lowest BCUT2D eigenvalue weighted by Gasteiger charge is -2.38. The van der Waals surface area contributed by atoms with Crippen LogP contribution in [0.2, 0.25) is 0 Å². The Balaban J connectivity index is 1.81. The lowest BCUT2D eigenvalue weighted by atomic mass is 9.92. The predicted molar refractivity (Wildman–Crippen MR) is 78.9 cm³/mol. The zero-order valence-corrected chi connectivity index (χ0v) is 11.9. The molecule has 2 aliphatic rings. The van der Waals surface area contributed by atoms with E-state index in [0.717, 1.165) is 30.3 Å². The molecule has 1 N–H and O–H groups in total. The van der Waals surface area contributed by atoms with E-state index in [-0.39, 0.29) is 0 Å². The van der Waals surface area contributed by atoms with Crippen molar-refractivity contribution >= 4 is 27.4 Å². The van der Waals surface area contributed by atoms with Gasteiger partial charge in [0.25, 0.3) is 0 Å². The number of piperidine rings is 1. The minimum atomic E-state index is 0.620. The van der Waals surface area contributed by atoms with Gasteiger partial charge in [0.05, 0.1) is 10.2 Å². The molecule has 4 nitrogen and oxygen atoms in total. The summed E-state index contributed by atoms with van der Waals surface area (Å²) in [6.07, 6.45) is 4.36. The zero-order valence-electron chi connectivity index (χ0n) is 11.1. The van der Waals surface area contributed by atoms with Crippen LogP contribution in [0.5, 0.6) is 0 Å². The molecule has 0 aromatic carbocycles. The molecule has 2 atom stereocenters. The molecule has 2 aromatic heterocycles. The summed E-state index contributed by atoms with van der Waals surface area (Å²) in [6.45, 7) is 5.52. The van der Waals surface area contributed by atoms with Crippen molar-refractivity contribution in [2.45, 2.75) is 25.8 Å². The zero-order chi connectivity index (χ0) is 12.8. The molecule has 0 amide bonds. The van der Waals surface area contributed by atoms with Gasteiger partial charge in [-0.15, -0.1) is 11.3 Å². The molecule has 0 bridgehead atoms. The lowest BCUT2D eigenvalue weighted by Crippen LogP contribution is -2.45. The normalized spacial score (nSPS) is 26.9. The standard InChI is InChI=1S/C14H18N4S/c1-9-7-19-13-12(9)16-8-17-14(13)18-4-2-3-10-5-15-6-11(10)18/h7-8,10-11,15H,2-6H2,1H3. The second-order valence-corrected chi connectivity index (χ2v) is 6.49. The van der Waals surface area contributed by atoms with Crippen LogP contribution in [0.1, 0.15) is 18.4 Å². The van der Waals surface area contributed by atoms with Gasteiger partial charge in [-0.05, 0) is 36.6 Å². The second-order valence-electron chi connectivity index (χ2n) is 5.62. The van der Waals surface area contributed by atoms with Gasteiger partial charge >= 0.3 is 0 Å². The molecule has 5 heteroatoms. The number of anilines is 1. The molecule has 0 radical (unpaired) electrons. The third-order valence-corrected chi connectivity index (χ3v) is 5.55. The van der Waals surface area contributed by atoms with E-state index in [2.05, 4.69) is 32.5 Å². The summed E-state index contributed by atoms with van der Waals surface area (Å²) in [5, 5.41) is 5.73. The molecule has 19 heavy (non-hydrogen) atoms. The van der Waals surface area contributed by atoms with Crippen LogP contribution in [0.4, 0.5) is 5.82 Å². The maximum Gasteiger partial charge on any atom is 0.150 e. The Labute approximate surface area is 116 Å². The molecule has 0 spiro atoms. The highest BCUT2D eigenvalue weighted by Crippen LogP contribution is 2.36. The van der Waals surface area contributed by atoms with Crippen molar-refractivity contribution in [3.05, 3.63) is 17.3 Å². The highest BCUT2D eigenvalue weighted by Gasteiger charge is 2.36. The molecule has 2 unspecified atom stereocenters. The molecule has 2 aliphatic heterocycles. The second kappa shape index (κ2) is 4.42. The van der Waals surface area contributed by atoms with Gasteiger partial charge < -0.3 is 10.2 Å². The number of hydrogen-bond donors (Lipinski definition) is 1. The first-order chi connectivity index (χ1) is 9.34. The van der Waals surface area contributed by atoms with Crippen LogP contribution in [-0.2, 0) is 0 Å². The van der Waals surface area contributed by atoms with Crippen molar-refractivity contribution in [2.75, 3.05) is 24.5 Å². The highest BCUT2D eigenvalue weighted by atomic mass is 32.1. The number of thiophene rings is 1. The van der Waals surface area contributed by atoms with E-state index in [1.807, 2.05) is 0 Å². The van der Waals surface area contributed by atoms with Crippen LogP contribution in [0, 0.1) is 12.8 Å². The van der Waals surface area contributed by atoms with Crippen LogP contribution in [0.15, 0.2) is 11.7 Å². The molecule has 2 aromatic rings. The highest BCUT2D eigenvalue weighted by molar-refractivity contribution is 7.18. The summed E-state index contributed by atoms with van der Waals surface area (Å²) in [7, 11) is 0. The molecule has 2 fully saturated rings. The predicted octanol–water partition coefficient (Wildman–Crippen LogP) is 2.19. The smallest absolute Gasteiger partial charge is 0.150 e. The van der Waals surface area contributed by atoms with Crippen LogP contribution >= 0.6 is 11.3 Å². The van der Waals surface area contributed by atoms with Crippen molar-refractivity contribution < 1.29 is 0 Å². The Kier molecular flexibility index (Phi) is 2.70. The maximum atomic E-state index is 4.60. The minimum absolute atomic E-state index is 0.620. The number of nitrogens with zero attached hydrogens (tertiary/aromatic N) is 3. The fraction of sp³-hybridized carbons (Fsp3) is 0.571. The maximum absolute atomic E-state index is 4.60. The minimum Gasteiger partial charge on any atom is -0.351 e. The van der Waals surface area contributed by atoms with Crippen molar-refractivity contribution in [1.82, 2.24) is 15.3 Å². The van der Waals surface area contributed by atoms with Crippen molar-refractivity contribution in [3.63, 3.8) is 0 Å². The number of nitrogens with one attached hydrogen (secondary N) is 1. The summed E-state index contributed by atoms with van der Waals surface area (Å²) in [4.78, 5) is 11.6. The average Bonchev–Trinajstić information content (AvgIpc) is 3.05. The Hall–Kier alpha value is -1.20. The van der Waals surface area contributed by atoms with E-state index in [4.69, 9.17) is 0 Å². The number of aromatic nitrogens is 2. The molecule has 100 valence electrons. The van der Waals surface area contributed by atoms with E-state index in [0.29, 0.717) is 6.04 Å². The SMILES string of the molecule is Cc1csc2c(N3CCCC4CNCC43)ncnc12. The third-order valence-electron chi connectivity index (χ3n) is 4.46. The van der Waals surface area contributed by atoms with Gasteiger partial charge in [-0.1, -0.05) is 0 Å². The number of hydrogen-bond acceptors (Lipinski definition) is 5. The first-order valence-electron chi connectivity index (χ1n) is 7.01. The van der Waals surface area contributed by atoms with Gasteiger partial charge in [0.2, 0.25) is 0 Å². The Morgan fingerprint density at radius 1 is 1.37 bits per heavy atom. The Morgan fingerprint density at radius 3 is 3.26 bits per heavy atom. The van der Waals surface area contributed by atoms with Gasteiger partial charge in [-0.2, -0.15) is 0 Å². The van der Waals surface area contributed by atoms with Gasteiger partial charge in [0.15, 0.2) is 0 Å².